The van der Waals surface area contributed by atoms with E-state index in [9.17, 15) is 4.79 Å². The Balaban J connectivity index is 2.74. The Morgan fingerprint density at radius 3 is 2.46 bits per heavy atom. The van der Waals surface area contributed by atoms with Gasteiger partial charge in [0.25, 0.3) is 0 Å². The summed E-state index contributed by atoms with van der Waals surface area (Å²) in [6.45, 7) is 6.95. The van der Waals surface area contributed by atoms with Gasteiger partial charge in [0.2, 0.25) is 0 Å². The molecule has 1 heterocycles. The van der Waals surface area contributed by atoms with Gasteiger partial charge in [-0.3, -0.25) is 5.32 Å². The maximum Gasteiger partial charge on any atom is 0.334 e. The molecule has 0 aliphatic carbocycles. The van der Waals surface area contributed by atoms with Crippen LogP contribution in [0.1, 0.15) is 33.6 Å². The van der Waals surface area contributed by atoms with Crippen LogP contribution in [0.3, 0.4) is 0 Å². The summed E-state index contributed by atoms with van der Waals surface area (Å²) >= 11 is 1.51. The fourth-order valence-electron chi connectivity index (χ4n) is 1.55. The molecule has 1 saturated heterocycles. The molecule has 0 bridgehead atoms. The summed E-state index contributed by atoms with van der Waals surface area (Å²) in [5.74, 6) is -0.732. The van der Waals surface area contributed by atoms with Crippen LogP contribution >= 0.6 is 11.8 Å². The number of hydrogen-bond acceptors (Lipinski definition) is 3. The van der Waals surface area contributed by atoms with E-state index < -0.39 is 10.8 Å². The van der Waals surface area contributed by atoms with Crippen LogP contribution in [0.5, 0.6) is 0 Å². The lowest BCUT2D eigenvalue weighted by molar-refractivity contribution is -0.140. The average molecular weight is 203 g/mol. The Bertz CT molecular complexity index is 204. The van der Waals surface area contributed by atoms with Crippen molar-refractivity contribution in [2.75, 3.05) is 6.54 Å². The van der Waals surface area contributed by atoms with E-state index >= 15 is 0 Å². The van der Waals surface area contributed by atoms with Gasteiger partial charge < -0.3 is 5.11 Å². The van der Waals surface area contributed by atoms with E-state index in [-0.39, 0.29) is 4.75 Å². The van der Waals surface area contributed by atoms with Crippen LogP contribution in [0.2, 0.25) is 0 Å². The number of rotatable bonds is 2. The van der Waals surface area contributed by atoms with Crippen molar-refractivity contribution in [3.8, 4) is 0 Å². The number of hydrogen-bond donors (Lipinski definition) is 2. The summed E-state index contributed by atoms with van der Waals surface area (Å²) < 4.78 is -0.0181. The number of carboxylic acid groups (broad SMARTS) is 1. The van der Waals surface area contributed by atoms with E-state index in [1.165, 1.54) is 11.8 Å². The summed E-state index contributed by atoms with van der Waals surface area (Å²) in [4.78, 5) is 10.4. The number of thioether (sulfide) groups is 1. The molecule has 13 heavy (non-hydrogen) atoms. The van der Waals surface area contributed by atoms with Crippen LogP contribution in [0.25, 0.3) is 0 Å². The van der Waals surface area contributed by atoms with Crippen molar-refractivity contribution in [3.05, 3.63) is 0 Å². The number of carbonyl (C=O) groups is 1. The summed E-state index contributed by atoms with van der Waals surface area (Å²) in [6.07, 6.45) is 1.68. The molecule has 0 saturated carbocycles. The molecule has 0 amide bonds. The Hall–Kier alpha value is -0.220. The fourth-order valence-corrected chi connectivity index (χ4v) is 3.11. The minimum absolute atomic E-state index is 0.0181. The smallest absolute Gasteiger partial charge is 0.334 e. The molecule has 0 aromatic rings. The van der Waals surface area contributed by atoms with Gasteiger partial charge in [0.15, 0.2) is 4.87 Å². The van der Waals surface area contributed by atoms with Crippen molar-refractivity contribution in [2.24, 2.45) is 0 Å². The molecule has 1 atom stereocenters. The molecule has 0 spiro atoms. The Kier molecular flexibility index (Phi) is 2.92. The Morgan fingerprint density at radius 1 is 1.54 bits per heavy atom. The minimum Gasteiger partial charge on any atom is -0.479 e. The van der Waals surface area contributed by atoms with Gasteiger partial charge in [0, 0.05) is 4.75 Å². The van der Waals surface area contributed by atoms with Crippen molar-refractivity contribution in [3.63, 3.8) is 0 Å². The molecule has 3 nitrogen and oxygen atoms in total. The second-order valence-corrected chi connectivity index (χ2v) is 6.50. The molecule has 1 aliphatic heterocycles. The van der Waals surface area contributed by atoms with Crippen LogP contribution < -0.4 is 5.32 Å². The predicted octanol–water partition coefficient (Wildman–Crippen LogP) is 1.68. The predicted molar refractivity (Wildman–Crippen MR) is 54.9 cm³/mol. The molecule has 2 N–H and O–H groups in total. The molecule has 76 valence electrons. The minimum atomic E-state index is -0.738. The summed E-state index contributed by atoms with van der Waals surface area (Å²) in [5, 5.41) is 12.2. The molecule has 1 aliphatic rings. The first-order chi connectivity index (χ1) is 5.86. The lowest BCUT2D eigenvalue weighted by atomic mass is 10.2. The van der Waals surface area contributed by atoms with Gasteiger partial charge in [-0.1, -0.05) is 20.8 Å². The first kappa shape index (κ1) is 10.9. The summed E-state index contributed by atoms with van der Waals surface area (Å²) in [5.41, 5.74) is 0. The second kappa shape index (κ2) is 3.50. The normalized spacial score (nSPS) is 29.2. The third kappa shape index (κ3) is 2.61. The zero-order valence-electron chi connectivity index (χ0n) is 8.39. The van der Waals surface area contributed by atoms with E-state index in [1.807, 2.05) is 20.8 Å². The van der Waals surface area contributed by atoms with Gasteiger partial charge in [-0.2, -0.15) is 0 Å². The lowest BCUT2D eigenvalue weighted by Gasteiger charge is -2.31. The quantitative estimate of drug-likeness (QED) is 0.717. The highest BCUT2D eigenvalue weighted by Gasteiger charge is 2.44. The molecular weight excluding hydrogens is 186 g/mol. The number of aliphatic carboxylic acids is 1. The van der Waals surface area contributed by atoms with Crippen molar-refractivity contribution in [2.45, 2.75) is 43.2 Å². The van der Waals surface area contributed by atoms with Gasteiger partial charge in [0.1, 0.15) is 0 Å². The van der Waals surface area contributed by atoms with Crippen LogP contribution in [0, 0.1) is 0 Å². The second-order valence-electron chi connectivity index (χ2n) is 4.38. The van der Waals surface area contributed by atoms with Crippen molar-refractivity contribution in [1.29, 1.82) is 0 Å². The van der Waals surface area contributed by atoms with Crippen LogP contribution in [-0.4, -0.2) is 27.2 Å². The molecule has 0 aromatic heterocycles. The van der Waals surface area contributed by atoms with Crippen LogP contribution in [0.15, 0.2) is 0 Å². The molecular formula is C9H17NO2S. The zero-order valence-corrected chi connectivity index (χ0v) is 9.20. The van der Waals surface area contributed by atoms with Gasteiger partial charge in [-0.25, -0.2) is 4.79 Å². The monoisotopic (exact) mass is 203 g/mol. The lowest BCUT2D eigenvalue weighted by Crippen LogP contribution is -2.46. The van der Waals surface area contributed by atoms with E-state index in [0.29, 0.717) is 0 Å². The highest BCUT2D eigenvalue weighted by molar-refractivity contribution is 8.02. The van der Waals surface area contributed by atoms with Gasteiger partial charge in [-0.15, -0.1) is 11.8 Å². The highest BCUT2D eigenvalue weighted by atomic mass is 32.2. The standard InChI is InChI=1S/C9H17NO2S/c1-8(2,3)13-9(7(11)12)5-4-6-10-9/h10H,4-6H2,1-3H3,(H,11,12)/t9-/m1/s1. The summed E-state index contributed by atoms with van der Waals surface area (Å²) in [7, 11) is 0. The number of carboxylic acids is 1. The maximum atomic E-state index is 11.1. The number of nitrogens with one attached hydrogen (secondary N) is 1. The topological polar surface area (TPSA) is 49.3 Å². The van der Waals surface area contributed by atoms with Gasteiger partial charge >= 0.3 is 5.97 Å². The van der Waals surface area contributed by atoms with Crippen molar-refractivity contribution >= 4 is 17.7 Å². The third-order valence-corrected chi connectivity index (χ3v) is 3.43. The molecule has 1 fully saturated rings. The highest BCUT2D eigenvalue weighted by Crippen LogP contribution is 2.40. The maximum absolute atomic E-state index is 11.1. The van der Waals surface area contributed by atoms with E-state index in [1.54, 1.807) is 0 Å². The van der Waals surface area contributed by atoms with E-state index in [2.05, 4.69) is 5.32 Å². The zero-order chi connectivity index (χ0) is 10.1. The van der Waals surface area contributed by atoms with E-state index in [4.69, 9.17) is 5.11 Å². The summed E-state index contributed by atoms with van der Waals surface area (Å²) in [6, 6.07) is 0. The SMILES string of the molecule is CC(C)(C)S[C@@]1(C(=O)O)CCCN1. The van der Waals surface area contributed by atoms with Crippen LogP contribution in [0.4, 0.5) is 0 Å². The van der Waals surface area contributed by atoms with E-state index in [0.717, 1.165) is 19.4 Å². The average Bonchev–Trinajstić information content (AvgIpc) is 2.33. The first-order valence-corrected chi connectivity index (χ1v) is 5.36. The van der Waals surface area contributed by atoms with Gasteiger partial charge in [-0.05, 0) is 19.4 Å². The Labute approximate surface area is 83.3 Å². The molecule has 0 unspecified atom stereocenters. The molecule has 0 aromatic carbocycles. The molecule has 1 rings (SSSR count). The van der Waals surface area contributed by atoms with Gasteiger partial charge in [0.05, 0.1) is 0 Å². The largest absolute Gasteiger partial charge is 0.479 e. The van der Waals surface area contributed by atoms with Crippen molar-refractivity contribution < 1.29 is 9.90 Å². The third-order valence-electron chi connectivity index (χ3n) is 1.94. The first-order valence-electron chi connectivity index (χ1n) is 4.54. The Morgan fingerprint density at radius 2 is 2.15 bits per heavy atom. The van der Waals surface area contributed by atoms with Crippen LogP contribution in [-0.2, 0) is 4.79 Å². The molecule has 4 heteroatoms. The van der Waals surface area contributed by atoms with Crippen molar-refractivity contribution in [1.82, 2.24) is 5.32 Å². The molecule has 0 radical (unpaired) electrons. The fraction of sp³-hybridized carbons (Fsp3) is 0.889.